The maximum Gasteiger partial charge on any atom is 0.290 e. The average Bonchev–Trinajstić information content (AvgIpc) is 3.08. The van der Waals surface area contributed by atoms with E-state index < -0.39 is 0 Å². The molecule has 3 aliphatic heterocycles. The lowest BCUT2D eigenvalue weighted by Gasteiger charge is -2.30. The molecule has 27 heavy (non-hydrogen) atoms. The molecule has 2 atom stereocenters. The molecule has 9 heteroatoms. The van der Waals surface area contributed by atoms with Gasteiger partial charge < -0.3 is 24.5 Å². The van der Waals surface area contributed by atoms with Crippen LogP contribution in [0, 0.1) is 12.8 Å². The summed E-state index contributed by atoms with van der Waals surface area (Å²) in [5.74, 6) is 1.83. The lowest BCUT2D eigenvalue weighted by molar-refractivity contribution is -0.133. The number of hydrogen-bond donors (Lipinski definition) is 1. The number of nitrogens with zero attached hydrogens (tertiary/aromatic N) is 5. The van der Waals surface area contributed by atoms with Crippen molar-refractivity contribution in [3.8, 4) is 0 Å². The minimum atomic E-state index is -0.250. The van der Waals surface area contributed by atoms with Gasteiger partial charge in [-0.3, -0.25) is 9.59 Å². The van der Waals surface area contributed by atoms with Crippen LogP contribution in [0.3, 0.4) is 0 Å². The third-order valence-electron chi connectivity index (χ3n) is 5.29. The Labute approximate surface area is 158 Å². The second-order valence-corrected chi connectivity index (χ2v) is 7.21. The third-order valence-corrected chi connectivity index (χ3v) is 5.29. The van der Waals surface area contributed by atoms with Crippen LogP contribution in [0.1, 0.15) is 18.5 Å². The molecule has 0 radical (unpaired) electrons. The summed E-state index contributed by atoms with van der Waals surface area (Å²) in [5.41, 5.74) is 0.979. The van der Waals surface area contributed by atoms with Gasteiger partial charge in [-0.15, -0.1) is 0 Å². The highest BCUT2D eigenvalue weighted by Gasteiger charge is 2.37. The number of amides is 1. The number of carbonyl (C=O) groups is 2. The molecule has 1 aromatic heterocycles. The zero-order chi connectivity index (χ0) is 19.4. The summed E-state index contributed by atoms with van der Waals surface area (Å²) in [7, 11) is 1.89. The average molecular weight is 377 g/mol. The van der Waals surface area contributed by atoms with Crippen molar-refractivity contribution in [1.29, 1.82) is 0 Å². The lowest BCUT2D eigenvalue weighted by atomic mass is 10.1. The van der Waals surface area contributed by atoms with Crippen LogP contribution in [-0.2, 0) is 14.3 Å². The zero-order valence-electron chi connectivity index (χ0n) is 15.9. The summed E-state index contributed by atoms with van der Waals surface area (Å²) >= 11 is 0. The minimum Gasteiger partial charge on any atom is -0.483 e. The molecule has 4 heterocycles. The van der Waals surface area contributed by atoms with Gasteiger partial charge in [0, 0.05) is 45.0 Å². The third kappa shape index (κ3) is 4.29. The van der Waals surface area contributed by atoms with Crippen molar-refractivity contribution in [1.82, 2.24) is 14.9 Å². The topological polar surface area (TPSA) is 99.1 Å². The second-order valence-electron chi connectivity index (χ2n) is 7.21. The SMILES string of the molecule is Cc1cc(N2C[C@@H]3COC[C@H](C2)N(C)C3=O)nc(N2CCCC2)n1.O=CO. The van der Waals surface area contributed by atoms with Crippen LogP contribution in [0.25, 0.3) is 0 Å². The van der Waals surface area contributed by atoms with Gasteiger partial charge in [-0.1, -0.05) is 0 Å². The van der Waals surface area contributed by atoms with E-state index in [-0.39, 0.29) is 24.3 Å². The quantitative estimate of drug-likeness (QED) is 0.739. The van der Waals surface area contributed by atoms with Crippen molar-refractivity contribution in [3.63, 3.8) is 0 Å². The van der Waals surface area contributed by atoms with Crippen LogP contribution in [0.4, 0.5) is 11.8 Å². The highest BCUT2D eigenvalue weighted by molar-refractivity contribution is 5.80. The molecule has 4 rings (SSSR count). The molecule has 0 aromatic carbocycles. The highest BCUT2D eigenvalue weighted by Crippen LogP contribution is 2.26. The van der Waals surface area contributed by atoms with Crippen molar-refractivity contribution in [2.75, 3.05) is 56.2 Å². The van der Waals surface area contributed by atoms with Gasteiger partial charge in [0.15, 0.2) is 0 Å². The van der Waals surface area contributed by atoms with Crippen LogP contribution in [0.5, 0.6) is 0 Å². The van der Waals surface area contributed by atoms with E-state index in [2.05, 4.69) is 14.8 Å². The molecule has 3 saturated heterocycles. The van der Waals surface area contributed by atoms with Gasteiger partial charge in [-0.2, -0.15) is 4.98 Å². The number of carbonyl (C=O) groups excluding carboxylic acids is 1. The zero-order valence-corrected chi connectivity index (χ0v) is 15.9. The number of carboxylic acid groups (broad SMARTS) is 1. The van der Waals surface area contributed by atoms with Gasteiger partial charge >= 0.3 is 0 Å². The first kappa shape index (κ1) is 19.3. The Bertz CT molecular complexity index is 680. The fourth-order valence-electron chi connectivity index (χ4n) is 3.84. The van der Waals surface area contributed by atoms with E-state index in [1.807, 2.05) is 24.9 Å². The maximum atomic E-state index is 12.5. The summed E-state index contributed by atoms with van der Waals surface area (Å²) in [5, 5.41) is 6.89. The van der Waals surface area contributed by atoms with Crippen LogP contribution in [0.2, 0.25) is 0 Å². The molecule has 0 saturated carbocycles. The van der Waals surface area contributed by atoms with Gasteiger partial charge in [0.25, 0.3) is 6.47 Å². The van der Waals surface area contributed by atoms with Gasteiger partial charge in [0.2, 0.25) is 11.9 Å². The molecule has 2 bridgehead atoms. The first-order valence-corrected chi connectivity index (χ1v) is 9.31. The number of aryl methyl sites for hydroxylation is 1. The molecule has 1 N–H and O–H groups in total. The molecule has 0 spiro atoms. The Balaban J connectivity index is 0.000000659. The lowest BCUT2D eigenvalue weighted by Crippen LogP contribution is -2.43. The van der Waals surface area contributed by atoms with E-state index in [0.29, 0.717) is 19.8 Å². The van der Waals surface area contributed by atoms with E-state index in [0.717, 1.165) is 37.1 Å². The number of aromatic nitrogens is 2. The van der Waals surface area contributed by atoms with E-state index in [1.165, 1.54) is 12.8 Å². The summed E-state index contributed by atoms with van der Waals surface area (Å²) < 4.78 is 5.69. The number of likely N-dealkylation sites (N-methyl/N-ethyl adjacent to an activating group) is 1. The van der Waals surface area contributed by atoms with Crippen molar-refractivity contribution in [2.45, 2.75) is 25.8 Å². The molecular weight excluding hydrogens is 350 g/mol. The van der Waals surface area contributed by atoms with E-state index in [1.54, 1.807) is 0 Å². The monoisotopic (exact) mass is 377 g/mol. The Morgan fingerprint density at radius 2 is 1.89 bits per heavy atom. The Kier molecular flexibility index (Phi) is 6.10. The van der Waals surface area contributed by atoms with Crippen LogP contribution in [-0.4, -0.2) is 84.8 Å². The summed E-state index contributed by atoms with van der Waals surface area (Å²) in [6.45, 7) is 6.35. The predicted molar refractivity (Wildman–Crippen MR) is 100.0 cm³/mol. The first-order valence-electron chi connectivity index (χ1n) is 9.31. The maximum absolute atomic E-state index is 12.5. The summed E-state index contributed by atoms with van der Waals surface area (Å²) in [6.07, 6.45) is 2.41. The number of ether oxygens (including phenoxy) is 1. The molecule has 1 aromatic rings. The largest absolute Gasteiger partial charge is 0.483 e. The Morgan fingerprint density at radius 3 is 2.59 bits per heavy atom. The van der Waals surface area contributed by atoms with E-state index in [4.69, 9.17) is 19.6 Å². The van der Waals surface area contributed by atoms with Crippen molar-refractivity contribution in [2.24, 2.45) is 5.92 Å². The molecular formula is C18H27N5O4. The molecule has 0 unspecified atom stereocenters. The number of rotatable bonds is 2. The van der Waals surface area contributed by atoms with Gasteiger partial charge in [-0.05, 0) is 19.8 Å². The predicted octanol–water partition coefficient (Wildman–Crippen LogP) is 0.379. The summed E-state index contributed by atoms with van der Waals surface area (Å²) in [6, 6.07) is 2.11. The Morgan fingerprint density at radius 1 is 1.19 bits per heavy atom. The normalized spacial score (nSPS) is 25.0. The van der Waals surface area contributed by atoms with Gasteiger partial charge in [0.05, 0.1) is 25.2 Å². The molecule has 148 valence electrons. The molecule has 0 aliphatic carbocycles. The van der Waals surface area contributed by atoms with E-state index >= 15 is 0 Å². The van der Waals surface area contributed by atoms with Gasteiger partial charge in [-0.25, -0.2) is 4.98 Å². The number of hydrogen-bond acceptors (Lipinski definition) is 7. The number of anilines is 2. The van der Waals surface area contributed by atoms with Crippen molar-refractivity contribution in [3.05, 3.63) is 11.8 Å². The highest BCUT2D eigenvalue weighted by atomic mass is 16.5. The summed E-state index contributed by atoms with van der Waals surface area (Å²) in [4.78, 5) is 36.7. The van der Waals surface area contributed by atoms with Crippen LogP contribution in [0.15, 0.2) is 6.07 Å². The standard InChI is InChI=1S/C17H25N5O2.CH2O2/c1-12-7-15(19-17(18-12)21-5-3-4-6-21)22-8-13-10-24-11-14(9-22)20(2)16(13)23;2-1-3/h7,13-14H,3-6,8-11H2,1-2H3;1H,(H,2,3)/t13-,14+;/m1./s1. The molecule has 3 fully saturated rings. The van der Waals surface area contributed by atoms with Crippen molar-refractivity contribution >= 4 is 24.1 Å². The smallest absolute Gasteiger partial charge is 0.290 e. The van der Waals surface area contributed by atoms with Crippen molar-refractivity contribution < 1.29 is 19.4 Å². The minimum absolute atomic E-state index is 0.0792. The fraction of sp³-hybridized carbons (Fsp3) is 0.667. The Hall–Kier alpha value is -2.42. The second kappa shape index (κ2) is 8.51. The van der Waals surface area contributed by atoms with Crippen LogP contribution >= 0.6 is 0 Å². The molecule has 1 amide bonds. The molecule has 3 aliphatic rings. The fourth-order valence-corrected chi connectivity index (χ4v) is 3.84. The van der Waals surface area contributed by atoms with Crippen LogP contribution < -0.4 is 9.80 Å². The van der Waals surface area contributed by atoms with Gasteiger partial charge in [0.1, 0.15) is 5.82 Å². The van der Waals surface area contributed by atoms with E-state index in [9.17, 15) is 4.79 Å². The number of fused-ring (bicyclic) bond motifs is 3. The molecule has 9 nitrogen and oxygen atoms in total. The first-order chi connectivity index (χ1) is 13.0.